The summed E-state index contributed by atoms with van der Waals surface area (Å²) in [6.07, 6.45) is 2.20. The van der Waals surface area contributed by atoms with E-state index in [1.807, 2.05) is 24.3 Å². The first-order valence-corrected chi connectivity index (χ1v) is 11.4. The summed E-state index contributed by atoms with van der Waals surface area (Å²) in [6.45, 7) is 5.42. The van der Waals surface area contributed by atoms with E-state index in [1.165, 1.54) is 6.33 Å². The fourth-order valence-electron chi connectivity index (χ4n) is 3.03. The maximum absolute atomic E-state index is 12.7. The molecule has 0 bridgehead atoms. The van der Waals surface area contributed by atoms with Gasteiger partial charge in [0.15, 0.2) is 11.4 Å². The number of aromatic nitrogens is 3. The molecule has 1 aliphatic rings. The Bertz CT molecular complexity index is 812. The van der Waals surface area contributed by atoms with Crippen LogP contribution in [0.2, 0.25) is 0 Å². The van der Waals surface area contributed by atoms with Gasteiger partial charge < -0.3 is 23.3 Å². The molecular formula is C19H28N3O6P. The number of hydrogen-bond donors (Lipinski definition) is 0. The zero-order chi connectivity index (χ0) is 20.7. The molecule has 0 saturated carbocycles. The van der Waals surface area contributed by atoms with Crippen LogP contribution in [0.1, 0.15) is 31.7 Å². The van der Waals surface area contributed by atoms with E-state index in [1.54, 1.807) is 25.6 Å². The molecule has 0 amide bonds. The summed E-state index contributed by atoms with van der Waals surface area (Å²) in [7, 11) is -1.51. The standard InChI is InChI=1S/C19H28N3O6P/c1-4-27-29(23,28-5-2)11-10-19(13-26-19)18-20-14-21-22(18)15-25-12-16-6-8-17(24-3)9-7-16/h6-9,14H,4-5,10-13,15H2,1-3H3. The number of epoxide rings is 1. The number of hydrogen-bond acceptors (Lipinski definition) is 8. The predicted molar refractivity (Wildman–Crippen MR) is 106 cm³/mol. The van der Waals surface area contributed by atoms with Gasteiger partial charge in [-0.15, -0.1) is 0 Å². The molecule has 1 saturated heterocycles. The van der Waals surface area contributed by atoms with Gasteiger partial charge in [0.25, 0.3) is 0 Å². The molecule has 9 nitrogen and oxygen atoms in total. The van der Waals surface area contributed by atoms with Crippen LogP contribution in [-0.4, -0.2) is 47.9 Å². The molecule has 10 heteroatoms. The molecule has 1 atom stereocenters. The maximum atomic E-state index is 12.7. The Balaban J connectivity index is 1.57. The average Bonchev–Trinajstić information content (AvgIpc) is 3.37. The van der Waals surface area contributed by atoms with Crippen LogP contribution < -0.4 is 4.74 Å². The molecular weight excluding hydrogens is 397 g/mol. The van der Waals surface area contributed by atoms with E-state index >= 15 is 0 Å². The number of rotatable bonds is 13. The van der Waals surface area contributed by atoms with Crippen LogP contribution in [0.25, 0.3) is 0 Å². The molecule has 1 unspecified atom stereocenters. The highest BCUT2D eigenvalue weighted by atomic mass is 31.2. The van der Waals surface area contributed by atoms with E-state index in [0.717, 1.165) is 11.3 Å². The molecule has 3 rings (SSSR count). The van der Waals surface area contributed by atoms with E-state index in [9.17, 15) is 4.57 Å². The van der Waals surface area contributed by atoms with Crippen molar-refractivity contribution in [1.29, 1.82) is 0 Å². The van der Waals surface area contributed by atoms with Crippen LogP contribution in [0.3, 0.4) is 0 Å². The molecule has 1 aliphatic heterocycles. The van der Waals surface area contributed by atoms with Crippen molar-refractivity contribution >= 4 is 7.60 Å². The van der Waals surface area contributed by atoms with Gasteiger partial charge in [0.05, 0.1) is 39.7 Å². The molecule has 160 valence electrons. The molecule has 1 aromatic carbocycles. The summed E-state index contributed by atoms with van der Waals surface area (Å²) in [4.78, 5) is 4.35. The van der Waals surface area contributed by atoms with Gasteiger partial charge in [-0.05, 0) is 38.0 Å². The van der Waals surface area contributed by atoms with Crippen LogP contribution in [0.15, 0.2) is 30.6 Å². The molecule has 29 heavy (non-hydrogen) atoms. The van der Waals surface area contributed by atoms with Crippen molar-refractivity contribution in [2.75, 3.05) is 33.1 Å². The molecule has 0 N–H and O–H groups in total. The molecule has 1 fully saturated rings. The summed E-state index contributed by atoms with van der Waals surface area (Å²) in [5.41, 5.74) is 0.406. The van der Waals surface area contributed by atoms with E-state index in [0.29, 0.717) is 38.7 Å². The second-order valence-corrected chi connectivity index (χ2v) is 8.80. The van der Waals surface area contributed by atoms with E-state index in [-0.39, 0.29) is 12.9 Å². The topological polar surface area (TPSA) is 97.2 Å². The van der Waals surface area contributed by atoms with Gasteiger partial charge in [0, 0.05) is 0 Å². The third-order valence-electron chi connectivity index (χ3n) is 4.60. The van der Waals surface area contributed by atoms with Gasteiger partial charge in [0.1, 0.15) is 18.8 Å². The van der Waals surface area contributed by atoms with Crippen LogP contribution in [-0.2, 0) is 42.0 Å². The van der Waals surface area contributed by atoms with Gasteiger partial charge in [-0.1, -0.05) is 12.1 Å². The van der Waals surface area contributed by atoms with Crippen molar-refractivity contribution in [2.24, 2.45) is 0 Å². The van der Waals surface area contributed by atoms with Crippen molar-refractivity contribution in [1.82, 2.24) is 14.8 Å². The number of nitrogens with zero attached hydrogens (tertiary/aromatic N) is 3. The summed E-state index contributed by atoms with van der Waals surface area (Å²) in [6, 6.07) is 7.68. The van der Waals surface area contributed by atoms with Crippen LogP contribution in [0.4, 0.5) is 0 Å². The third-order valence-corrected chi connectivity index (χ3v) is 6.67. The zero-order valence-corrected chi connectivity index (χ0v) is 18.0. The van der Waals surface area contributed by atoms with Crippen molar-refractivity contribution in [3.05, 3.63) is 42.0 Å². The minimum absolute atomic E-state index is 0.237. The van der Waals surface area contributed by atoms with Gasteiger partial charge in [-0.25, -0.2) is 9.67 Å². The third kappa shape index (κ3) is 5.65. The summed E-state index contributed by atoms with van der Waals surface area (Å²) in [5, 5.41) is 4.25. The first-order chi connectivity index (χ1) is 14.0. The molecule has 2 aromatic rings. The zero-order valence-electron chi connectivity index (χ0n) is 17.1. The SMILES string of the molecule is CCOP(=O)(CCC1(c2ncnn2COCc2ccc(OC)cc2)CO1)OCC. The maximum Gasteiger partial charge on any atom is 0.330 e. The van der Waals surface area contributed by atoms with Gasteiger partial charge >= 0.3 is 7.60 Å². The fraction of sp³-hybridized carbons (Fsp3) is 0.579. The van der Waals surface area contributed by atoms with Crippen LogP contribution >= 0.6 is 7.60 Å². The van der Waals surface area contributed by atoms with E-state index in [4.69, 9.17) is 23.3 Å². The molecule has 0 radical (unpaired) electrons. The lowest BCUT2D eigenvalue weighted by atomic mass is 10.1. The summed E-state index contributed by atoms with van der Waals surface area (Å²) >= 11 is 0. The average molecular weight is 425 g/mol. The normalized spacial score (nSPS) is 18.7. The van der Waals surface area contributed by atoms with Crippen LogP contribution in [0, 0.1) is 0 Å². The minimum Gasteiger partial charge on any atom is -0.497 e. The van der Waals surface area contributed by atoms with Gasteiger partial charge in [-0.3, -0.25) is 4.57 Å². The number of ether oxygens (including phenoxy) is 3. The second kappa shape index (κ2) is 9.82. The Morgan fingerprint density at radius 3 is 2.48 bits per heavy atom. The Kier molecular flexibility index (Phi) is 7.43. The lowest BCUT2D eigenvalue weighted by Gasteiger charge is -2.19. The number of methoxy groups -OCH3 is 1. The molecule has 1 aromatic heterocycles. The first kappa shape index (κ1) is 21.9. The quantitative estimate of drug-likeness (QED) is 0.356. The largest absolute Gasteiger partial charge is 0.497 e. The number of benzene rings is 1. The lowest BCUT2D eigenvalue weighted by molar-refractivity contribution is 0.0504. The predicted octanol–water partition coefficient (Wildman–Crippen LogP) is 3.34. The molecule has 0 aliphatic carbocycles. The van der Waals surface area contributed by atoms with Gasteiger partial charge in [-0.2, -0.15) is 5.10 Å². The Labute approximate surface area is 170 Å². The molecule has 0 spiro atoms. The second-order valence-electron chi connectivity index (χ2n) is 6.61. The highest BCUT2D eigenvalue weighted by Gasteiger charge is 2.51. The fourth-order valence-corrected chi connectivity index (χ4v) is 4.79. The smallest absolute Gasteiger partial charge is 0.330 e. The lowest BCUT2D eigenvalue weighted by Crippen LogP contribution is -2.20. The van der Waals surface area contributed by atoms with Gasteiger partial charge in [0.2, 0.25) is 0 Å². The van der Waals surface area contributed by atoms with E-state index < -0.39 is 13.2 Å². The van der Waals surface area contributed by atoms with Crippen molar-refractivity contribution in [3.8, 4) is 5.75 Å². The monoisotopic (exact) mass is 425 g/mol. The summed E-state index contributed by atoms with van der Waals surface area (Å²) in [5.74, 6) is 1.46. The summed E-state index contributed by atoms with van der Waals surface area (Å²) < 4.78 is 41.8. The van der Waals surface area contributed by atoms with Crippen molar-refractivity contribution in [3.63, 3.8) is 0 Å². The Hall–Kier alpha value is -1.77. The first-order valence-electron chi connectivity index (χ1n) is 9.65. The van der Waals surface area contributed by atoms with Crippen molar-refractivity contribution < 1.29 is 27.8 Å². The highest BCUT2D eigenvalue weighted by molar-refractivity contribution is 7.53. The Morgan fingerprint density at radius 2 is 1.90 bits per heavy atom. The minimum atomic E-state index is -3.14. The van der Waals surface area contributed by atoms with E-state index in [2.05, 4.69) is 10.1 Å². The van der Waals surface area contributed by atoms with Crippen molar-refractivity contribution in [2.45, 2.75) is 39.2 Å². The molecule has 2 heterocycles. The highest BCUT2D eigenvalue weighted by Crippen LogP contribution is 2.53. The van der Waals surface area contributed by atoms with Crippen LogP contribution in [0.5, 0.6) is 5.75 Å². The Morgan fingerprint density at radius 1 is 1.21 bits per heavy atom.